The number of carbonyl (C=O) groups is 1. The number of esters is 1. The smallest absolute Gasteiger partial charge is 0.352 e. The molecule has 0 aromatic rings. The molecule has 0 heterocycles. The minimum atomic E-state index is -0.673. The molecule has 0 spiro atoms. The minimum absolute atomic E-state index is 0.0988. The molecule has 0 N–H and O–H groups in total. The van der Waals surface area contributed by atoms with Gasteiger partial charge in [0.2, 0.25) is 0 Å². The Labute approximate surface area is 95.6 Å². The molecule has 0 amide bonds. The van der Waals surface area contributed by atoms with E-state index < -0.39 is 5.97 Å². The van der Waals surface area contributed by atoms with Crippen molar-refractivity contribution < 1.29 is 19.0 Å². The second-order valence-corrected chi connectivity index (χ2v) is 2.81. The van der Waals surface area contributed by atoms with Crippen LogP contribution in [0.1, 0.15) is 20.8 Å². The Balaban J connectivity index is 4.23. The maximum absolute atomic E-state index is 11.4. The number of nitriles is 1. The lowest BCUT2D eigenvalue weighted by Crippen LogP contribution is -2.13. The first-order chi connectivity index (χ1) is 7.67. The molecule has 0 rings (SSSR count). The molecule has 0 aliphatic carbocycles. The number of ether oxygens (including phenoxy) is 3. The summed E-state index contributed by atoms with van der Waals surface area (Å²) in [6.45, 7) is 6.62. The normalized spacial score (nSPS) is 11.4. The van der Waals surface area contributed by atoms with Gasteiger partial charge >= 0.3 is 5.97 Å². The van der Waals surface area contributed by atoms with Crippen LogP contribution in [-0.4, -0.2) is 32.4 Å². The first-order valence-electron chi connectivity index (χ1n) is 5.15. The van der Waals surface area contributed by atoms with Crippen molar-refractivity contribution in [3.05, 3.63) is 11.3 Å². The number of rotatable bonds is 7. The highest BCUT2D eigenvalue weighted by molar-refractivity contribution is 5.93. The van der Waals surface area contributed by atoms with Crippen molar-refractivity contribution >= 4 is 5.97 Å². The molecule has 0 aromatic carbocycles. The van der Waals surface area contributed by atoms with E-state index in [0.29, 0.717) is 19.8 Å². The minimum Gasteiger partial charge on any atom is -0.497 e. The zero-order valence-corrected chi connectivity index (χ0v) is 9.91. The summed E-state index contributed by atoms with van der Waals surface area (Å²) in [5.41, 5.74) is -0.0988. The van der Waals surface area contributed by atoms with Gasteiger partial charge in [-0.25, -0.2) is 4.79 Å². The summed E-state index contributed by atoms with van der Waals surface area (Å²) in [4.78, 5) is 11.4. The van der Waals surface area contributed by atoms with Gasteiger partial charge in [0.1, 0.15) is 18.4 Å². The zero-order valence-electron chi connectivity index (χ0n) is 9.91. The predicted octanol–water partition coefficient (Wildman–Crippen LogP) is 1.40. The molecule has 0 radical (unpaired) electrons. The van der Waals surface area contributed by atoms with Crippen LogP contribution in [0, 0.1) is 11.3 Å². The maximum atomic E-state index is 11.4. The van der Waals surface area contributed by atoms with E-state index in [1.165, 1.54) is 0 Å². The summed E-state index contributed by atoms with van der Waals surface area (Å²) >= 11 is 0. The Morgan fingerprint density at radius 3 is 2.38 bits per heavy atom. The van der Waals surface area contributed by atoms with Crippen molar-refractivity contribution in [3.8, 4) is 6.07 Å². The molecule has 5 nitrogen and oxygen atoms in total. The topological polar surface area (TPSA) is 68.5 Å². The molecular formula is C11H17NO4. The number of nitrogens with zero attached hydrogens (tertiary/aromatic N) is 1. The molecule has 0 bridgehead atoms. The summed E-state index contributed by atoms with van der Waals surface area (Å²) < 4.78 is 14.9. The molecule has 5 heteroatoms. The van der Waals surface area contributed by atoms with Gasteiger partial charge in [0.25, 0.3) is 0 Å². The fourth-order valence-electron chi connectivity index (χ4n) is 0.967. The van der Waals surface area contributed by atoms with Crippen LogP contribution in [0.3, 0.4) is 0 Å². The van der Waals surface area contributed by atoms with Gasteiger partial charge in [-0.2, -0.15) is 5.26 Å². The first-order valence-corrected chi connectivity index (χ1v) is 5.15. The molecule has 0 saturated heterocycles. The lowest BCUT2D eigenvalue weighted by molar-refractivity contribution is -0.140. The van der Waals surface area contributed by atoms with Crippen molar-refractivity contribution in [1.29, 1.82) is 5.26 Å². The Morgan fingerprint density at radius 2 is 1.88 bits per heavy atom. The molecule has 0 aliphatic rings. The van der Waals surface area contributed by atoms with Gasteiger partial charge in [0.15, 0.2) is 5.57 Å². The van der Waals surface area contributed by atoms with E-state index >= 15 is 0 Å². The van der Waals surface area contributed by atoms with Crippen LogP contribution in [0.4, 0.5) is 0 Å². The number of carbonyl (C=O) groups excluding carboxylic acids is 1. The van der Waals surface area contributed by atoms with Gasteiger partial charge in [-0.1, -0.05) is 0 Å². The molecule has 0 aliphatic heterocycles. The molecule has 0 aromatic heterocycles. The Morgan fingerprint density at radius 1 is 1.19 bits per heavy atom. The van der Waals surface area contributed by atoms with Crippen LogP contribution in [0.2, 0.25) is 0 Å². The van der Waals surface area contributed by atoms with Crippen molar-refractivity contribution in [2.24, 2.45) is 0 Å². The number of hydrogen-bond acceptors (Lipinski definition) is 5. The van der Waals surface area contributed by atoms with Crippen LogP contribution >= 0.6 is 0 Å². The quantitative estimate of drug-likeness (QED) is 0.216. The maximum Gasteiger partial charge on any atom is 0.352 e. The third kappa shape index (κ3) is 5.37. The monoisotopic (exact) mass is 227 g/mol. The van der Waals surface area contributed by atoms with E-state index in [1.54, 1.807) is 19.9 Å². The fraction of sp³-hybridized carbons (Fsp3) is 0.636. The second-order valence-electron chi connectivity index (χ2n) is 2.81. The summed E-state index contributed by atoms with van der Waals surface area (Å²) in [7, 11) is 0. The third-order valence-corrected chi connectivity index (χ3v) is 1.69. The average molecular weight is 227 g/mol. The van der Waals surface area contributed by atoms with Crippen LogP contribution < -0.4 is 0 Å². The summed E-state index contributed by atoms with van der Waals surface area (Å²) in [6.07, 6.45) is 0. The Bertz CT molecular complexity index is 291. The van der Waals surface area contributed by atoms with Crippen molar-refractivity contribution in [2.75, 3.05) is 26.4 Å². The van der Waals surface area contributed by atoms with Gasteiger partial charge in [0, 0.05) is 6.61 Å². The highest BCUT2D eigenvalue weighted by atomic mass is 16.6. The summed E-state index contributed by atoms with van der Waals surface area (Å²) in [5, 5.41) is 8.78. The molecule has 0 fully saturated rings. The van der Waals surface area contributed by atoms with Crippen molar-refractivity contribution in [3.63, 3.8) is 0 Å². The van der Waals surface area contributed by atoms with E-state index in [9.17, 15) is 4.79 Å². The molecule has 0 saturated carbocycles. The second kappa shape index (κ2) is 8.74. The molecule has 90 valence electrons. The van der Waals surface area contributed by atoms with Gasteiger partial charge in [-0.15, -0.1) is 0 Å². The molecular weight excluding hydrogens is 210 g/mol. The lowest BCUT2D eigenvalue weighted by atomic mass is 10.2. The van der Waals surface area contributed by atoms with Gasteiger partial charge in [-0.3, -0.25) is 0 Å². The van der Waals surface area contributed by atoms with Crippen LogP contribution in [-0.2, 0) is 19.0 Å². The molecule has 16 heavy (non-hydrogen) atoms. The SMILES string of the molecule is CCOCCOC(=O)/C(C#N)=C(/C)OCC. The van der Waals surface area contributed by atoms with Crippen molar-refractivity contribution in [2.45, 2.75) is 20.8 Å². The predicted molar refractivity (Wildman–Crippen MR) is 57.4 cm³/mol. The molecule has 0 unspecified atom stereocenters. The first kappa shape index (κ1) is 14.5. The Hall–Kier alpha value is -1.54. The zero-order chi connectivity index (χ0) is 12.4. The standard InChI is InChI=1S/C11H17NO4/c1-4-14-6-7-16-11(13)10(8-12)9(3)15-5-2/h4-7H2,1-3H3/b10-9-. The van der Waals surface area contributed by atoms with E-state index in [0.717, 1.165) is 0 Å². The summed E-state index contributed by atoms with van der Waals surface area (Å²) in [6, 6.07) is 1.77. The van der Waals surface area contributed by atoms with Gasteiger partial charge < -0.3 is 14.2 Å². The van der Waals surface area contributed by atoms with E-state index in [4.69, 9.17) is 19.5 Å². The van der Waals surface area contributed by atoms with E-state index in [-0.39, 0.29) is 17.9 Å². The van der Waals surface area contributed by atoms with Gasteiger partial charge in [0.05, 0.1) is 13.2 Å². The third-order valence-electron chi connectivity index (χ3n) is 1.69. The van der Waals surface area contributed by atoms with Crippen molar-refractivity contribution in [1.82, 2.24) is 0 Å². The van der Waals surface area contributed by atoms with E-state index in [1.807, 2.05) is 6.92 Å². The van der Waals surface area contributed by atoms with Crippen LogP contribution in [0.15, 0.2) is 11.3 Å². The van der Waals surface area contributed by atoms with Crippen LogP contribution in [0.5, 0.6) is 0 Å². The number of allylic oxidation sites excluding steroid dienone is 1. The van der Waals surface area contributed by atoms with Crippen LogP contribution in [0.25, 0.3) is 0 Å². The summed E-state index contributed by atoms with van der Waals surface area (Å²) in [5.74, 6) is -0.389. The molecule has 0 atom stereocenters. The average Bonchev–Trinajstić information content (AvgIpc) is 2.26. The number of hydrogen-bond donors (Lipinski definition) is 0. The Kier molecular flexibility index (Phi) is 7.90. The highest BCUT2D eigenvalue weighted by Gasteiger charge is 2.15. The van der Waals surface area contributed by atoms with E-state index in [2.05, 4.69) is 0 Å². The van der Waals surface area contributed by atoms with Gasteiger partial charge in [-0.05, 0) is 20.8 Å². The largest absolute Gasteiger partial charge is 0.497 e. The lowest BCUT2D eigenvalue weighted by Gasteiger charge is -2.07. The highest BCUT2D eigenvalue weighted by Crippen LogP contribution is 2.06. The fourth-order valence-corrected chi connectivity index (χ4v) is 0.967.